The average molecular weight is 949 g/mol. The lowest BCUT2D eigenvalue weighted by atomic mass is 9.82. The smallest absolute Gasteiger partial charge is 0.0488 e. The van der Waals surface area contributed by atoms with E-state index in [-0.39, 0.29) is 10.8 Å². The fourth-order valence-corrected chi connectivity index (χ4v) is 12.1. The van der Waals surface area contributed by atoms with Gasteiger partial charge in [0.1, 0.15) is 0 Å². The minimum absolute atomic E-state index is 0.176. The lowest BCUT2D eigenvalue weighted by molar-refractivity contribution is 0.660. The Kier molecular flexibility index (Phi) is 10.9. The molecule has 0 amide bonds. The standard InChI is InChI=1S/C72H56N2/c1-71(2)66-36-21-20-33-62(66)63-40-38-56(47-68(63)71)73(54-29-16-8-17-30-54)58-43-53(70-60(50-25-12-6-13-26-50)34-22-35-61(70)51-27-14-7-15-28-51)44-59(46-58)74(55-31-18-9-19-32-55)57-39-41-64-65-45-52(49-23-10-5-11-24-49)37-42-67(65)72(3,4)69(64)48-57/h5-48H,1-4H3. The fourth-order valence-electron chi connectivity index (χ4n) is 12.1. The molecule has 2 heteroatoms. The highest BCUT2D eigenvalue weighted by atomic mass is 15.2. The van der Waals surface area contributed by atoms with Crippen LogP contribution in [0.4, 0.5) is 34.1 Å². The summed E-state index contributed by atoms with van der Waals surface area (Å²) in [5.74, 6) is 0. The van der Waals surface area contributed by atoms with Crippen molar-refractivity contribution in [1.29, 1.82) is 0 Å². The molecule has 354 valence electrons. The molecule has 0 heterocycles. The zero-order chi connectivity index (χ0) is 50.0. The van der Waals surface area contributed by atoms with Crippen LogP contribution in [-0.4, -0.2) is 0 Å². The third kappa shape index (κ3) is 7.56. The van der Waals surface area contributed by atoms with Crippen molar-refractivity contribution in [3.05, 3.63) is 289 Å². The van der Waals surface area contributed by atoms with Crippen molar-refractivity contribution in [2.45, 2.75) is 38.5 Å². The molecule has 2 aliphatic carbocycles. The van der Waals surface area contributed by atoms with Crippen LogP contribution in [0.5, 0.6) is 0 Å². The van der Waals surface area contributed by atoms with E-state index in [1.165, 1.54) is 83.5 Å². The van der Waals surface area contributed by atoms with Gasteiger partial charge < -0.3 is 9.80 Å². The monoisotopic (exact) mass is 948 g/mol. The van der Waals surface area contributed by atoms with E-state index in [9.17, 15) is 0 Å². The SMILES string of the molecule is CC1(C)c2ccccc2-c2ccc(N(c3ccccc3)c3cc(-c4c(-c5ccccc5)cccc4-c4ccccc4)cc(N(c4ccccc4)c4ccc5c(c4)C(C)(C)c4ccc(-c6ccccc6)cc4-5)c3)cc21. The molecule has 0 atom stereocenters. The van der Waals surface area contributed by atoms with Crippen LogP contribution >= 0.6 is 0 Å². The van der Waals surface area contributed by atoms with Gasteiger partial charge in [-0.3, -0.25) is 0 Å². The van der Waals surface area contributed by atoms with Gasteiger partial charge >= 0.3 is 0 Å². The highest BCUT2D eigenvalue weighted by Crippen LogP contribution is 2.54. The Labute approximate surface area is 436 Å². The zero-order valence-corrected chi connectivity index (χ0v) is 42.3. The van der Waals surface area contributed by atoms with Gasteiger partial charge in [-0.15, -0.1) is 0 Å². The largest absolute Gasteiger partial charge is 0.310 e. The molecule has 0 saturated heterocycles. The van der Waals surface area contributed by atoms with Gasteiger partial charge in [0.2, 0.25) is 0 Å². The summed E-state index contributed by atoms with van der Waals surface area (Å²) in [6, 6.07) is 98.6. The number of hydrogen-bond donors (Lipinski definition) is 0. The maximum absolute atomic E-state index is 2.47. The number of rotatable bonds is 10. The van der Waals surface area contributed by atoms with E-state index in [4.69, 9.17) is 0 Å². The van der Waals surface area contributed by atoms with Gasteiger partial charge in [0.25, 0.3) is 0 Å². The second-order valence-corrected chi connectivity index (χ2v) is 20.9. The second-order valence-electron chi connectivity index (χ2n) is 20.9. The number of para-hydroxylation sites is 2. The number of fused-ring (bicyclic) bond motifs is 6. The van der Waals surface area contributed by atoms with Gasteiger partial charge in [-0.2, -0.15) is 0 Å². The Balaban J connectivity index is 1.07. The summed E-state index contributed by atoms with van der Waals surface area (Å²) in [5.41, 5.74) is 26.1. The summed E-state index contributed by atoms with van der Waals surface area (Å²) < 4.78 is 0. The third-order valence-electron chi connectivity index (χ3n) is 15.8. The molecule has 0 unspecified atom stereocenters. The molecular weight excluding hydrogens is 893 g/mol. The van der Waals surface area contributed by atoms with Gasteiger partial charge in [0, 0.05) is 45.0 Å². The highest BCUT2D eigenvalue weighted by Gasteiger charge is 2.38. The molecule has 74 heavy (non-hydrogen) atoms. The number of benzene rings is 11. The van der Waals surface area contributed by atoms with E-state index < -0.39 is 0 Å². The molecule has 0 aliphatic heterocycles. The first-order chi connectivity index (χ1) is 36.2. The van der Waals surface area contributed by atoms with E-state index >= 15 is 0 Å². The molecule has 0 N–H and O–H groups in total. The van der Waals surface area contributed by atoms with Gasteiger partial charge in [-0.1, -0.05) is 222 Å². The molecule has 2 nitrogen and oxygen atoms in total. The molecule has 0 aromatic heterocycles. The van der Waals surface area contributed by atoms with Crippen LogP contribution in [0.2, 0.25) is 0 Å². The second kappa shape index (κ2) is 17.9. The summed E-state index contributed by atoms with van der Waals surface area (Å²) in [4.78, 5) is 4.94. The molecule has 13 rings (SSSR count). The van der Waals surface area contributed by atoms with Crippen molar-refractivity contribution in [2.75, 3.05) is 9.80 Å². The van der Waals surface area contributed by atoms with E-state index in [0.29, 0.717) is 0 Å². The summed E-state index contributed by atoms with van der Waals surface area (Å²) in [5, 5.41) is 0. The zero-order valence-electron chi connectivity index (χ0n) is 42.3. The highest BCUT2D eigenvalue weighted by molar-refractivity contribution is 5.99. The van der Waals surface area contributed by atoms with Gasteiger partial charge in [-0.05, 0) is 162 Å². The van der Waals surface area contributed by atoms with Crippen LogP contribution in [0.15, 0.2) is 267 Å². The molecule has 0 saturated carbocycles. The van der Waals surface area contributed by atoms with Crippen LogP contribution in [0.3, 0.4) is 0 Å². The molecule has 11 aromatic carbocycles. The number of anilines is 6. The summed E-state index contributed by atoms with van der Waals surface area (Å²) in [6.45, 7) is 9.51. The number of hydrogen-bond acceptors (Lipinski definition) is 2. The summed E-state index contributed by atoms with van der Waals surface area (Å²) >= 11 is 0. The van der Waals surface area contributed by atoms with Crippen LogP contribution in [0, 0.1) is 0 Å². The molecule has 0 fully saturated rings. The minimum atomic E-state index is -0.227. The maximum atomic E-state index is 2.47. The van der Waals surface area contributed by atoms with Gasteiger partial charge in [-0.25, -0.2) is 0 Å². The fraction of sp³-hybridized carbons (Fsp3) is 0.0833. The van der Waals surface area contributed by atoms with Crippen LogP contribution < -0.4 is 9.80 Å². The van der Waals surface area contributed by atoms with Gasteiger partial charge in [0.05, 0.1) is 0 Å². The molecule has 0 bridgehead atoms. The van der Waals surface area contributed by atoms with Crippen molar-refractivity contribution in [1.82, 2.24) is 0 Å². The molecular formula is C72H56N2. The quantitative estimate of drug-likeness (QED) is 0.135. The van der Waals surface area contributed by atoms with Crippen molar-refractivity contribution < 1.29 is 0 Å². The van der Waals surface area contributed by atoms with E-state index in [0.717, 1.165) is 39.7 Å². The van der Waals surface area contributed by atoms with Crippen molar-refractivity contribution in [3.8, 4) is 66.8 Å². The van der Waals surface area contributed by atoms with E-state index in [1.54, 1.807) is 0 Å². The van der Waals surface area contributed by atoms with Gasteiger partial charge in [0.15, 0.2) is 0 Å². The predicted octanol–water partition coefficient (Wildman–Crippen LogP) is 19.9. The minimum Gasteiger partial charge on any atom is -0.310 e. The van der Waals surface area contributed by atoms with Crippen molar-refractivity contribution in [3.63, 3.8) is 0 Å². The first kappa shape index (κ1) is 44.9. The van der Waals surface area contributed by atoms with Crippen LogP contribution in [0.1, 0.15) is 49.9 Å². The summed E-state index contributed by atoms with van der Waals surface area (Å²) in [7, 11) is 0. The van der Waals surface area contributed by atoms with Crippen molar-refractivity contribution in [2.24, 2.45) is 0 Å². The Hall–Kier alpha value is -8.98. The average Bonchev–Trinajstić information content (AvgIpc) is 3.82. The normalized spacial score (nSPS) is 13.4. The Morgan fingerprint density at radius 1 is 0.216 bits per heavy atom. The lowest BCUT2D eigenvalue weighted by Gasteiger charge is -2.32. The van der Waals surface area contributed by atoms with Crippen molar-refractivity contribution >= 4 is 34.1 Å². The summed E-state index contributed by atoms with van der Waals surface area (Å²) in [6.07, 6.45) is 0. The van der Waals surface area contributed by atoms with E-state index in [2.05, 4.69) is 304 Å². The topological polar surface area (TPSA) is 6.48 Å². The third-order valence-corrected chi connectivity index (χ3v) is 15.8. The lowest BCUT2D eigenvalue weighted by Crippen LogP contribution is -2.17. The molecule has 0 spiro atoms. The maximum Gasteiger partial charge on any atom is 0.0488 e. The first-order valence-electron chi connectivity index (χ1n) is 25.9. The van der Waals surface area contributed by atoms with E-state index in [1.807, 2.05) is 0 Å². The first-order valence-corrected chi connectivity index (χ1v) is 25.9. The molecule has 11 aromatic rings. The molecule has 0 radical (unpaired) electrons. The molecule has 2 aliphatic rings. The Morgan fingerprint density at radius 3 is 1.14 bits per heavy atom. The Bertz CT molecular complexity index is 3820. The van der Waals surface area contributed by atoms with Crippen LogP contribution in [0.25, 0.3) is 66.8 Å². The van der Waals surface area contributed by atoms with Crippen LogP contribution in [-0.2, 0) is 10.8 Å². The Morgan fingerprint density at radius 2 is 0.622 bits per heavy atom. The predicted molar refractivity (Wildman–Crippen MR) is 313 cm³/mol. The number of nitrogens with zero attached hydrogens (tertiary/aromatic N) is 2.